The minimum atomic E-state index is -0.895. The number of primary amides is 1. The van der Waals surface area contributed by atoms with Crippen LogP contribution in [0.2, 0.25) is 5.02 Å². The van der Waals surface area contributed by atoms with E-state index >= 15 is 0 Å². The molecule has 3 nitrogen and oxygen atoms in total. The maximum Gasteiger partial charge on any atom is 0.253 e. The molecule has 18 heavy (non-hydrogen) atoms. The van der Waals surface area contributed by atoms with Gasteiger partial charge in [-0.25, -0.2) is 4.39 Å². The number of halogens is 2. The number of rotatable bonds is 7. The number of benzene rings is 1. The van der Waals surface area contributed by atoms with Gasteiger partial charge in [-0.3, -0.25) is 4.79 Å². The Hall–Kier alpha value is -1.29. The summed E-state index contributed by atoms with van der Waals surface area (Å²) < 4.78 is 18.8. The molecular formula is C13H17ClFNO2. The fourth-order valence-electron chi connectivity index (χ4n) is 1.58. The quantitative estimate of drug-likeness (QED) is 0.773. The second kappa shape index (κ2) is 7.21. The maximum atomic E-state index is 13.3. The van der Waals surface area contributed by atoms with Crippen LogP contribution in [0, 0.1) is 5.82 Å². The van der Waals surface area contributed by atoms with Crippen LogP contribution in [0.25, 0.3) is 0 Å². The number of nitrogens with two attached hydrogens (primary N) is 1. The molecule has 0 fully saturated rings. The summed E-state index contributed by atoms with van der Waals surface area (Å²) in [5.74, 6) is -1.33. The summed E-state index contributed by atoms with van der Waals surface area (Å²) >= 11 is 5.88. The predicted molar refractivity (Wildman–Crippen MR) is 69.6 cm³/mol. The van der Waals surface area contributed by atoms with E-state index in [0.29, 0.717) is 12.4 Å². The SMILES string of the molecule is CCCCCCOc1ccc(F)c(C(N)=O)c1Cl. The largest absolute Gasteiger partial charge is 0.492 e. The molecule has 0 aliphatic heterocycles. The number of hydrogen-bond acceptors (Lipinski definition) is 2. The number of carbonyl (C=O) groups is 1. The summed E-state index contributed by atoms with van der Waals surface area (Å²) in [7, 11) is 0. The summed E-state index contributed by atoms with van der Waals surface area (Å²) in [5, 5.41) is -0.0574. The average molecular weight is 274 g/mol. The number of unbranched alkanes of at least 4 members (excludes halogenated alkanes) is 3. The first-order chi connectivity index (χ1) is 8.57. The monoisotopic (exact) mass is 273 g/mol. The number of hydrogen-bond donors (Lipinski definition) is 1. The van der Waals surface area contributed by atoms with Crippen LogP contribution < -0.4 is 10.5 Å². The Bertz CT molecular complexity index is 424. The van der Waals surface area contributed by atoms with Gasteiger partial charge in [0.15, 0.2) is 0 Å². The zero-order valence-electron chi connectivity index (χ0n) is 10.3. The molecule has 0 bridgehead atoms. The molecule has 0 aromatic heterocycles. The third kappa shape index (κ3) is 3.88. The molecule has 1 amide bonds. The molecule has 5 heteroatoms. The van der Waals surface area contributed by atoms with Crippen LogP contribution >= 0.6 is 11.6 Å². The first kappa shape index (κ1) is 14.8. The Morgan fingerprint density at radius 3 is 2.72 bits per heavy atom. The topological polar surface area (TPSA) is 52.3 Å². The van der Waals surface area contributed by atoms with Crippen molar-refractivity contribution in [2.24, 2.45) is 5.73 Å². The van der Waals surface area contributed by atoms with Gasteiger partial charge in [-0.2, -0.15) is 0 Å². The van der Waals surface area contributed by atoms with Crippen molar-refractivity contribution in [3.8, 4) is 5.75 Å². The molecule has 2 N–H and O–H groups in total. The molecule has 0 atom stereocenters. The van der Waals surface area contributed by atoms with Crippen LogP contribution in [-0.2, 0) is 0 Å². The van der Waals surface area contributed by atoms with Gasteiger partial charge < -0.3 is 10.5 Å². The van der Waals surface area contributed by atoms with Gasteiger partial charge in [0.25, 0.3) is 5.91 Å². The molecule has 0 radical (unpaired) electrons. The second-order valence-electron chi connectivity index (χ2n) is 4.01. The summed E-state index contributed by atoms with van der Waals surface area (Å²) in [5.41, 5.74) is 4.74. The first-order valence-electron chi connectivity index (χ1n) is 5.98. The third-order valence-electron chi connectivity index (χ3n) is 2.56. The first-order valence-corrected chi connectivity index (χ1v) is 6.36. The van der Waals surface area contributed by atoms with Crippen LogP contribution in [0.15, 0.2) is 12.1 Å². The zero-order chi connectivity index (χ0) is 13.5. The van der Waals surface area contributed by atoms with E-state index in [2.05, 4.69) is 6.92 Å². The van der Waals surface area contributed by atoms with Crippen LogP contribution in [0.4, 0.5) is 4.39 Å². The normalized spacial score (nSPS) is 10.4. The Balaban J connectivity index is 2.67. The summed E-state index contributed by atoms with van der Waals surface area (Å²) in [6, 6.07) is 2.54. The molecule has 0 saturated heterocycles. The Labute approximate surface area is 111 Å². The van der Waals surface area contributed by atoms with Gasteiger partial charge in [0.1, 0.15) is 11.6 Å². The lowest BCUT2D eigenvalue weighted by molar-refractivity contribution is 0.0996. The van der Waals surface area contributed by atoms with Crippen LogP contribution in [0.5, 0.6) is 5.75 Å². The van der Waals surface area contributed by atoms with Gasteiger partial charge in [-0.05, 0) is 18.6 Å². The minimum absolute atomic E-state index is 0.0574. The zero-order valence-corrected chi connectivity index (χ0v) is 11.1. The maximum absolute atomic E-state index is 13.3. The van der Waals surface area contributed by atoms with Gasteiger partial charge in [0.2, 0.25) is 0 Å². The summed E-state index contributed by atoms with van der Waals surface area (Å²) in [6.45, 7) is 2.61. The van der Waals surface area contributed by atoms with E-state index in [1.54, 1.807) is 0 Å². The highest BCUT2D eigenvalue weighted by molar-refractivity contribution is 6.35. The van der Waals surface area contributed by atoms with E-state index in [0.717, 1.165) is 31.7 Å². The van der Waals surface area contributed by atoms with E-state index in [1.807, 2.05) is 0 Å². The van der Waals surface area contributed by atoms with Crippen LogP contribution in [0.3, 0.4) is 0 Å². The van der Waals surface area contributed by atoms with Crippen molar-refractivity contribution in [2.45, 2.75) is 32.6 Å². The average Bonchev–Trinajstić information content (AvgIpc) is 2.31. The van der Waals surface area contributed by atoms with E-state index in [9.17, 15) is 9.18 Å². The lowest BCUT2D eigenvalue weighted by Crippen LogP contribution is -2.14. The van der Waals surface area contributed by atoms with E-state index in [1.165, 1.54) is 6.07 Å². The molecule has 0 aliphatic rings. The summed E-state index contributed by atoms with van der Waals surface area (Å²) in [6.07, 6.45) is 4.25. The predicted octanol–water partition coefficient (Wildman–Crippen LogP) is 3.54. The molecule has 100 valence electrons. The molecule has 0 spiro atoms. The Kier molecular flexibility index (Phi) is 5.92. The molecular weight excluding hydrogens is 257 g/mol. The van der Waals surface area contributed by atoms with Gasteiger partial charge in [-0.15, -0.1) is 0 Å². The van der Waals surface area contributed by atoms with E-state index in [4.69, 9.17) is 22.1 Å². The molecule has 0 saturated carbocycles. The van der Waals surface area contributed by atoms with Gasteiger partial charge >= 0.3 is 0 Å². The molecule has 1 aromatic rings. The summed E-state index contributed by atoms with van der Waals surface area (Å²) in [4.78, 5) is 11.1. The van der Waals surface area contributed by atoms with Crippen molar-refractivity contribution in [1.29, 1.82) is 0 Å². The van der Waals surface area contributed by atoms with Crippen LogP contribution in [0.1, 0.15) is 43.0 Å². The Morgan fingerprint density at radius 2 is 2.11 bits per heavy atom. The minimum Gasteiger partial charge on any atom is -0.492 e. The molecule has 0 aliphatic carbocycles. The lowest BCUT2D eigenvalue weighted by Gasteiger charge is -2.10. The van der Waals surface area contributed by atoms with Gasteiger partial charge in [-0.1, -0.05) is 37.8 Å². The number of carbonyl (C=O) groups excluding carboxylic acids is 1. The lowest BCUT2D eigenvalue weighted by atomic mass is 10.2. The molecule has 1 aromatic carbocycles. The highest BCUT2D eigenvalue weighted by Crippen LogP contribution is 2.30. The third-order valence-corrected chi connectivity index (χ3v) is 2.93. The van der Waals surface area contributed by atoms with Crippen molar-refractivity contribution in [3.63, 3.8) is 0 Å². The highest BCUT2D eigenvalue weighted by atomic mass is 35.5. The van der Waals surface area contributed by atoms with Gasteiger partial charge in [0.05, 0.1) is 17.2 Å². The fraction of sp³-hybridized carbons (Fsp3) is 0.462. The van der Waals surface area contributed by atoms with Crippen molar-refractivity contribution < 1.29 is 13.9 Å². The van der Waals surface area contributed by atoms with Crippen molar-refractivity contribution >= 4 is 17.5 Å². The second-order valence-corrected chi connectivity index (χ2v) is 4.39. The van der Waals surface area contributed by atoms with E-state index < -0.39 is 11.7 Å². The highest BCUT2D eigenvalue weighted by Gasteiger charge is 2.17. The molecule has 1 rings (SSSR count). The molecule has 0 unspecified atom stereocenters. The number of ether oxygens (including phenoxy) is 1. The van der Waals surface area contributed by atoms with Gasteiger partial charge in [0, 0.05) is 0 Å². The Morgan fingerprint density at radius 1 is 1.39 bits per heavy atom. The fourth-order valence-corrected chi connectivity index (χ4v) is 1.88. The number of amides is 1. The van der Waals surface area contributed by atoms with Crippen molar-refractivity contribution in [2.75, 3.05) is 6.61 Å². The van der Waals surface area contributed by atoms with E-state index in [-0.39, 0.29) is 10.6 Å². The van der Waals surface area contributed by atoms with Crippen molar-refractivity contribution in [3.05, 3.63) is 28.5 Å². The molecule has 0 heterocycles. The van der Waals surface area contributed by atoms with Crippen molar-refractivity contribution in [1.82, 2.24) is 0 Å². The smallest absolute Gasteiger partial charge is 0.253 e. The van der Waals surface area contributed by atoms with Crippen LogP contribution in [-0.4, -0.2) is 12.5 Å². The standard InChI is InChI=1S/C13H17ClFNO2/c1-2-3-4-5-8-18-10-7-6-9(15)11(12(10)14)13(16)17/h6-7H,2-5,8H2,1H3,(H2,16,17).